The smallest absolute Gasteiger partial charge is 0.387 e. The van der Waals surface area contributed by atoms with Crippen LogP contribution in [-0.2, 0) is 14.1 Å². The lowest BCUT2D eigenvalue weighted by atomic mass is 10.0. The number of ether oxygens (including phenoxy) is 3. The minimum atomic E-state index is -3.16. The predicted molar refractivity (Wildman–Crippen MR) is 117 cm³/mol. The van der Waals surface area contributed by atoms with E-state index >= 15 is 0 Å². The lowest BCUT2D eigenvalue weighted by molar-refractivity contribution is -0.0502. The van der Waals surface area contributed by atoms with Crippen LogP contribution in [0.15, 0.2) is 36.7 Å². The summed E-state index contributed by atoms with van der Waals surface area (Å²) in [5.41, 5.74) is 8.42. The van der Waals surface area contributed by atoms with Crippen LogP contribution < -0.4 is 19.9 Å². The molecule has 2 aromatic carbocycles. The van der Waals surface area contributed by atoms with Gasteiger partial charge >= 0.3 is 6.61 Å². The van der Waals surface area contributed by atoms with Crippen LogP contribution in [0.25, 0.3) is 33.3 Å². The van der Waals surface area contributed by atoms with Crippen molar-refractivity contribution >= 4 is 16.8 Å². The third kappa shape index (κ3) is 3.93. The summed E-state index contributed by atoms with van der Waals surface area (Å²) >= 11 is 0. The Bertz CT molecular complexity index is 1360. The highest BCUT2D eigenvalue weighted by Gasteiger charge is 2.24. The van der Waals surface area contributed by atoms with Gasteiger partial charge in [0.25, 0.3) is 5.91 Å². The number of hydrogen-bond acceptors (Lipinski definition) is 6. The number of amides is 1. The summed E-state index contributed by atoms with van der Waals surface area (Å²) in [5, 5.41) is 9.42. The summed E-state index contributed by atoms with van der Waals surface area (Å²) < 4.78 is 44.9. The number of nitrogens with zero attached hydrogens (tertiary/aromatic N) is 4. The molecule has 4 aromatic rings. The Morgan fingerprint density at radius 2 is 1.67 bits per heavy atom. The van der Waals surface area contributed by atoms with E-state index in [0.717, 1.165) is 11.1 Å². The largest absolute Gasteiger partial charge is 0.496 e. The zero-order valence-corrected chi connectivity index (χ0v) is 18.3. The van der Waals surface area contributed by atoms with Crippen molar-refractivity contribution in [2.45, 2.75) is 6.61 Å². The van der Waals surface area contributed by atoms with E-state index in [1.807, 2.05) is 25.4 Å². The van der Waals surface area contributed by atoms with Crippen LogP contribution in [-0.4, -0.2) is 46.3 Å². The van der Waals surface area contributed by atoms with Gasteiger partial charge in [-0.05, 0) is 29.8 Å². The number of methoxy groups -OCH3 is 2. The molecule has 1 amide bonds. The van der Waals surface area contributed by atoms with Crippen molar-refractivity contribution < 1.29 is 27.8 Å². The molecule has 2 N–H and O–H groups in total. The molecule has 0 aliphatic heterocycles. The van der Waals surface area contributed by atoms with Crippen molar-refractivity contribution in [1.82, 2.24) is 19.6 Å². The number of alkyl halides is 2. The molecule has 4 rings (SSSR count). The zero-order chi connectivity index (χ0) is 23.9. The van der Waals surface area contributed by atoms with E-state index in [9.17, 15) is 13.6 Å². The van der Waals surface area contributed by atoms with Gasteiger partial charge < -0.3 is 19.9 Å². The number of hydrogen-bond donors (Lipinski definition) is 1. The van der Waals surface area contributed by atoms with Crippen LogP contribution in [0.2, 0.25) is 0 Å². The molecule has 2 aromatic heterocycles. The fourth-order valence-electron chi connectivity index (χ4n) is 3.84. The molecule has 0 aliphatic rings. The highest BCUT2D eigenvalue weighted by atomic mass is 19.3. The van der Waals surface area contributed by atoms with E-state index < -0.39 is 18.3 Å². The van der Waals surface area contributed by atoms with Crippen LogP contribution in [0.1, 0.15) is 10.4 Å². The Hall–Kier alpha value is -4.15. The molecule has 11 heteroatoms. The summed E-state index contributed by atoms with van der Waals surface area (Å²) in [6, 6.07) is 6.54. The van der Waals surface area contributed by atoms with Gasteiger partial charge in [-0.3, -0.25) is 14.2 Å². The van der Waals surface area contributed by atoms with Crippen molar-refractivity contribution in [2.75, 3.05) is 14.2 Å². The number of halogens is 2. The second kappa shape index (κ2) is 8.41. The number of carbonyl (C=O) groups excluding carboxylic acids is 1. The first kappa shape index (κ1) is 22.1. The monoisotopic (exact) mass is 457 g/mol. The number of benzene rings is 2. The molecule has 0 radical (unpaired) electrons. The van der Waals surface area contributed by atoms with E-state index in [4.69, 9.17) is 15.2 Å². The van der Waals surface area contributed by atoms with Crippen molar-refractivity contribution in [3.8, 4) is 39.6 Å². The van der Waals surface area contributed by atoms with Crippen LogP contribution in [0, 0.1) is 0 Å². The second-order valence-electron chi connectivity index (χ2n) is 7.24. The molecule has 0 fully saturated rings. The van der Waals surface area contributed by atoms with Gasteiger partial charge in [-0.2, -0.15) is 19.0 Å². The number of carbonyl (C=O) groups is 1. The topological polar surface area (TPSA) is 106 Å². The number of aromatic nitrogens is 4. The molecular weight excluding hydrogens is 436 g/mol. The predicted octanol–water partition coefficient (Wildman–Crippen LogP) is 3.36. The minimum Gasteiger partial charge on any atom is -0.496 e. The first-order chi connectivity index (χ1) is 15.7. The Morgan fingerprint density at radius 3 is 2.24 bits per heavy atom. The fourth-order valence-corrected chi connectivity index (χ4v) is 3.84. The molecule has 0 unspecified atom stereocenters. The molecule has 0 saturated heterocycles. The summed E-state index contributed by atoms with van der Waals surface area (Å²) in [6.45, 7) is -3.16. The number of rotatable bonds is 7. The summed E-state index contributed by atoms with van der Waals surface area (Å²) in [4.78, 5) is 11.9. The van der Waals surface area contributed by atoms with E-state index in [0.29, 0.717) is 27.9 Å². The molecule has 0 bridgehead atoms. The average Bonchev–Trinajstić information content (AvgIpc) is 3.33. The van der Waals surface area contributed by atoms with E-state index in [1.54, 1.807) is 22.6 Å². The van der Waals surface area contributed by atoms with Gasteiger partial charge in [-0.25, -0.2) is 0 Å². The summed E-state index contributed by atoms with van der Waals surface area (Å²) in [7, 11) is 6.36. The third-order valence-electron chi connectivity index (χ3n) is 5.18. The summed E-state index contributed by atoms with van der Waals surface area (Å²) in [6.07, 6.45) is 3.59. The fraction of sp³-hybridized carbons (Fsp3) is 0.227. The van der Waals surface area contributed by atoms with Crippen LogP contribution >= 0.6 is 0 Å². The van der Waals surface area contributed by atoms with Crippen LogP contribution in [0.5, 0.6) is 17.2 Å². The first-order valence-corrected chi connectivity index (χ1v) is 9.74. The van der Waals surface area contributed by atoms with Crippen molar-refractivity contribution in [2.24, 2.45) is 19.8 Å². The van der Waals surface area contributed by atoms with Gasteiger partial charge in [0.15, 0.2) is 0 Å². The van der Waals surface area contributed by atoms with Gasteiger partial charge in [0, 0.05) is 31.4 Å². The van der Waals surface area contributed by atoms with Gasteiger partial charge in [-0.1, -0.05) is 0 Å². The second-order valence-corrected chi connectivity index (χ2v) is 7.24. The number of primary amides is 1. The molecule has 33 heavy (non-hydrogen) atoms. The van der Waals surface area contributed by atoms with Gasteiger partial charge in [-0.15, -0.1) is 0 Å². The Morgan fingerprint density at radius 1 is 1.00 bits per heavy atom. The van der Waals surface area contributed by atoms with Crippen molar-refractivity contribution in [3.63, 3.8) is 0 Å². The lowest BCUT2D eigenvalue weighted by Gasteiger charge is -2.15. The molecule has 0 aliphatic carbocycles. The molecule has 0 spiro atoms. The maximum absolute atomic E-state index is 13.1. The van der Waals surface area contributed by atoms with Gasteiger partial charge in [0.05, 0.1) is 37.0 Å². The molecular formula is C22H21F2N5O4. The molecule has 172 valence electrons. The van der Waals surface area contributed by atoms with E-state index in [1.165, 1.54) is 26.4 Å². The average molecular weight is 457 g/mol. The zero-order valence-electron chi connectivity index (χ0n) is 18.3. The van der Waals surface area contributed by atoms with E-state index in [2.05, 4.69) is 14.9 Å². The van der Waals surface area contributed by atoms with Crippen molar-refractivity contribution in [1.29, 1.82) is 0 Å². The van der Waals surface area contributed by atoms with Gasteiger partial charge in [0.2, 0.25) is 0 Å². The molecule has 2 heterocycles. The molecule has 0 saturated carbocycles. The lowest BCUT2D eigenvalue weighted by Crippen LogP contribution is -2.16. The van der Waals surface area contributed by atoms with Gasteiger partial charge in [0.1, 0.15) is 22.8 Å². The number of nitrogens with two attached hydrogens (primary N) is 1. The maximum atomic E-state index is 13.1. The first-order valence-electron chi connectivity index (χ1n) is 9.74. The highest BCUT2D eigenvalue weighted by Crippen LogP contribution is 2.42. The number of aryl methyl sites for hydroxylation is 2. The Balaban J connectivity index is 1.98. The minimum absolute atomic E-state index is 0.00375. The van der Waals surface area contributed by atoms with Crippen LogP contribution in [0.3, 0.4) is 0 Å². The van der Waals surface area contributed by atoms with E-state index in [-0.39, 0.29) is 11.3 Å². The molecule has 0 atom stereocenters. The maximum Gasteiger partial charge on any atom is 0.387 e. The van der Waals surface area contributed by atoms with Crippen molar-refractivity contribution in [3.05, 3.63) is 42.2 Å². The normalized spacial score (nSPS) is 11.2. The Labute approximate surface area is 187 Å². The summed E-state index contributed by atoms with van der Waals surface area (Å²) in [5.74, 6) is -0.838. The SMILES string of the molecule is COc1cc(-c2c3c(OC)cc(-c4cnn(C)c4)cc3nn2C)cc(OC(F)F)c1C(N)=O. The third-order valence-corrected chi connectivity index (χ3v) is 5.18. The standard InChI is InChI=1S/C22H21F2N5O4/c1-28-10-13(9-26-28)11-5-14-18(15(6-11)31-3)20(29(2)27-14)12-7-16(32-4)19(21(25)30)17(8-12)33-22(23)24/h5-10,22H,1-4H3,(H2,25,30). The molecule has 9 nitrogen and oxygen atoms in total. The highest BCUT2D eigenvalue weighted by molar-refractivity contribution is 6.03. The quantitative estimate of drug-likeness (QED) is 0.456. The van der Waals surface area contributed by atoms with Crippen LogP contribution in [0.4, 0.5) is 8.78 Å². The number of fused-ring (bicyclic) bond motifs is 1. The Kier molecular flexibility index (Phi) is 5.62.